The number of likely N-dealkylation sites (tertiary alicyclic amines) is 1. The molecular weight excluding hydrogens is 276 g/mol. The van der Waals surface area contributed by atoms with Crippen molar-refractivity contribution < 1.29 is 9.59 Å². The van der Waals surface area contributed by atoms with Crippen LogP contribution in [0.5, 0.6) is 0 Å². The number of rotatable bonds is 3. The first-order valence-electron chi connectivity index (χ1n) is 7.67. The summed E-state index contributed by atoms with van der Waals surface area (Å²) in [7, 11) is 0. The van der Waals surface area contributed by atoms with Crippen molar-refractivity contribution in [2.75, 3.05) is 18.4 Å². The summed E-state index contributed by atoms with van der Waals surface area (Å²) >= 11 is 0. The quantitative estimate of drug-likeness (QED) is 0.872. The SMILES string of the molecule is C#Cc1cccc(NC(=O)C2CCCN(C(=O)C(C)C)C2)c1. The van der Waals surface area contributed by atoms with Crippen molar-refractivity contribution in [2.45, 2.75) is 26.7 Å². The normalized spacial score (nSPS) is 17.9. The largest absolute Gasteiger partial charge is 0.342 e. The number of nitrogens with zero attached hydrogens (tertiary/aromatic N) is 1. The number of benzene rings is 1. The maximum absolute atomic E-state index is 12.4. The minimum Gasteiger partial charge on any atom is -0.342 e. The summed E-state index contributed by atoms with van der Waals surface area (Å²) in [5.74, 6) is 2.43. The Kier molecular flexibility index (Phi) is 5.21. The van der Waals surface area contributed by atoms with Crippen molar-refractivity contribution >= 4 is 17.5 Å². The Labute approximate surface area is 131 Å². The Balaban J connectivity index is 2.00. The summed E-state index contributed by atoms with van der Waals surface area (Å²) in [6.07, 6.45) is 7.04. The molecule has 1 saturated heterocycles. The molecule has 4 heteroatoms. The maximum atomic E-state index is 12.4. The number of amides is 2. The van der Waals surface area contributed by atoms with E-state index in [1.807, 2.05) is 32.0 Å². The van der Waals surface area contributed by atoms with Crippen LogP contribution in [0.2, 0.25) is 0 Å². The van der Waals surface area contributed by atoms with Gasteiger partial charge in [0.1, 0.15) is 0 Å². The van der Waals surface area contributed by atoms with Crippen LogP contribution in [-0.4, -0.2) is 29.8 Å². The van der Waals surface area contributed by atoms with Crippen LogP contribution in [-0.2, 0) is 9.59 Å². The molecule has 0 spiro atoms. The average molecular weight is 298 g/mol. The van der Waals surface area contributed by atoms with Crippen molar-refractivity contribution in [3.63, 3.8) is 0 Å². The second kappa shape index (κ2) is 7.13. The van der Waals surface area contributed by atoms with Crippen LogP contribution in [0.1, 0.15) is 32.3 Å². The number of nitrogens with one attached hydrogen (secondary N) is 1. The molecule has 2 rings (SSSR count). The summed E-state index contributed by atoms with van der Waals surface area (Å²) in [5.41, 5.74) is 1.44. The van der Waals surface area contributed by atoms with Gasteiger partial charge in [-0.2, -0.15) is 0 Å². The predicted molar refractivity (Wildman–Crippen MR) is 87.1 cm³/mol. The number of terminal acetylenes is 1. The molecular formula is C18H22N2O2. The van der Waals surface area contributed by atoms with E-state index in [0.29, 0.717) is 12.2 Å². The van der Waals surface area contributed by atoms with Gasteiger partial charge in [-0.25, -0.2) is 0 Å². The highest BCUT2D eigenvalue weighted by Gasteiger charge is 2.29. The molecule has 0 radical (unpaired) electrons. The molecule has 1 aliphatic rings. The number of hydrogen-bond donors (Lipinski definition) is 1. The van der Waals surface area contributed by atoms with Gasteiger partial charge in [-0.3, -0.25) is 9.59 Å². The van der Waals surface area contributed by atoms with Gasteiger partial charge in [0.05, 0.1) is 5.92 Å². The van der Waals surface area contributed by atoms with Crippen molar-refractivity contribution in [1.82, 2.24) is 4.90 Å². The molecule has 0 saturated carbocycles. The first kappa shape index (κ1) is 16.1. The second-order valence-corrected chi connectivity index (χ2v) is 5.99. The molecule has 1 aromatic rings. The maximum Gasteiger partial charge on any atom is 0.229 e. The lowest BCUT2D eigenvalue weighted by Gasteiger charge is -2.33. The van der Waals surface area contributed by atoms with Gasteiger partial charge in [0.15, 0.2) is 0 Å². The van der Waals surface area contributed by atoms with E-state index in [9.17, 15) is 9.59 Å². The molecule has 1 N–H and O–H groups in total. The summed E-state index contributed by atoms with van der Waals surface area (Å²) in [4.78, 5) is 26.3. The summed E-state index contributed by atoms with van der Waals surface area (Å²) in [5, 5.41) is 2.90. The van der Waals surface area contributed by atoms with Gasteiger partial charge in [0.25, 0.3) is 0 Å². The van der Waals surface area contributed by atoms with Crippen molar-refractivity contribution in [3.05, 3.63) is 29.8 Å². The summed E-state index contributed by atoms with van der Waals surface area (Å²) in [6.45, 7) is 5.01. The topological polar surface area (TPSA) is 49.4 Å². The average Bonchev–Trinajstić information content (AvgIpc) is 2.54. The third-order valence-corrected chi connectivity index (χ3v) is 3.89. The number of carbonyl (C=O) groups is 2. The summed E-state index contributed by atoms with van der Waals surface area (Å²) < 4.78 is 0. The Bertz CT molecular complexity index is 601. The fraction of sp³-hybridized carbons (Fsp3) is 0.444. The molecule has 4 nitrogen and oxygen atoms in total. The Morgan fingerprint density at radius 2 is 2.18 bits per heavy atom. The van der Waals surface area contributed by atoms with E-state index in [2.05, 4.69) is 11.2 Å². The summed E-state index contributed by atoms with van der Waals surface area (Å²) in [6, 6.07) is 7.23. The van der Waals surface area contributed by atoms with Crippen LogP contribution < -0.4 is 5.32 Å². The van der Waals surface area contributed by atoms with E-state index >= 15 is 0 Å². The van der Waals surface area contributed by atoms with Crippen molar-refractivity contribution in [1.29, 1.82) is 0 Å². The molecule has 1 aliphatic heterocycles. The molecule has 0 bridgehead atoms. The van der Waals surface area contributed by atoms with E-state index in [-0.39, 0.29) is 23.7 Å². The smallest absolute Gasteiger partial charge is 0.229 e. The molecule has 1 fully saturated rings. The highest BCUT2D eigenvalue weighted by atomic mass is 16.2. The lowest BCUT2D eigenvalue weighted by molar-refractivity contribution is -0.137. The zero-order valence-electron chi connectivity index (χ0n) is 13.1. The Morgan fingerprint density at radius 3 is 2.86 bits per heavy atom. The van der Waals surface area contributed by atoms with Crippen LogP contribution >= 0.6 is 0 Å². The van der Waals surface area contributed by atoms with E-state index in [4.69, 9.17) is 6.42 Å². The van der Waals surface area contributed by atoms with Gasteiger partial charge >= 0.3 is 0 Å². The standard InChI is InChI=1S/C18H22N2O2/c1-4-14-7-5-9-16(11-14)19-17(21)15-8-6-10-20(12-15)18(22)13(2)3/h1,5,7,9,11,13,15H,6,8,10,12H2,2-3H3,(H,19,21). The third kappa shape index (κ3) is 3.88. The number of hydrogen-bond acceptors (Lipinski definition) is 2. The van der Waals surface area contributed by atoms with Gasteiger partial charge in [0.2, 0.25) is 11.8 Å². The number of carbonyl (C=O) groups excluding carboxylic acids is 2. The lowest BCUT2D eigenvalue weighted by atomic mass is 9.96. The zero-order valence-corrected chi connectivity index (χ0v) is 13.1. The lowest BCUT2D eigenvalue weighted by Crippen LogP contribution is -2.45. The van der Waals surface area contributed by atoms with E-state index in [1.54, 1.807) is 11.0 Å². The molecule has 1 unspecified atom stereocenters. The second-order valence-electron chi connectivity index (χ2n) is 5.99. The van der Waals surface area contributed by atoms with Gasteiger partial charge in [-0.15, -0.1) is 6.42 Å². The first-order chi connectivity index (χ1) is 10.5. The van der Waals surface area contributed by atoms with Gasteiger partial charge in [0, 0.05) is 30.3 Å². The van der Waals surface area contributed by atoms with Crippen LogP contribution in [0, 0.1) is 24.2 Å². The minimum atomic E-state index is -0.161. The molecule has 116 valence electrons. The van der Waals surface area contributed by atoms with Crippen LogP contribution in [0.15, 0.2) is 24.3 Å². The molecule has 0 aromatic heterocycles. The number of piperidine rings is 1. The van der Waals surface area contributed by atoms with Crippen LogP contribution in [0.25, 0.3) is 0 Å². The van der Waals surface area contributed by atoms with Gasteiger partial charge in [-0.1, -0.05) is 25.8 Å². The molecule has 1 heterocycles. The third-order valence-electron chi connectivity index (χ3n) is 3.89. The van der Waals surface area contributed by atoms with Crippen LogP contribution in [0.4, 0.5) is 5.69 Å². The molecule has 0 aliphatic carbocycles. The van der Waals surface area contributed by atoms with Crippen molar-refractivity contribution in [2.24, 2.45) is 11.8 Å². The van der Waals surface area contributed by atoms with E-state index in [0.717, 1.165) is 24.9 Å². The monoisotopic (exact) mass is 298 g/mol. The highest BCUT2D eigenvalue weighted by Crippen LogP contribution is 2.20. The Morgan fingerprint density at radius 1 is 1.41 bits per heavy atom. The zero-order chi connectivity index (χ0) is 16.1. The molecule has 1 atom stereocenters. The minimum absolute atomic E-state index is 0.0332. The predicted octanol–water partition coefficient (Wildman–Crippen LogP) is 2.50. The highest BCUT2D eigenvalue weighted by molar-refractivity contribution is 5.93. The fourth-order valence-electron chi connectivity index (χ4n) is 2.69. The van der Waals surface area contributed by atoms with E-state index < -0.39 is 0 Å². The van der Waals surface area contributed by atoms with Crippen molar-refractivity contribution in [3.8, 4) is 12.3 Å². The number of anilines is 1. The first-order valence-corrected chi connectivity index (χ1v) is 7.67. The van der Waals surface area contributed by atoms with E-state index in [1.165, 1.54) is 0 Å². The molecule has 1 aromatic carbocycles. The molecule has 2 amide bonds. The fourth-order valence-corrected chi connectivity index (χ4v) is 2.69. The van der Waals surface area contributed by atoms with Gasteiger partial charge < -0.3 is 10.2 Å². The van der Waals surface area contributed by atoms with Gasteiger partial charge in [-0.05, 0) is 31.0 Å². The Hall–Kier alpha value is -2.28. The van der Waals surface area contributed by atoms with Crippen LogP contribution in [0.3, 0.4) is 0 Å². The molecule has 22 heavy (non-hydrogen) atoms.